The molecule has 0 amide bonds. The van der Waals surface area contributed by atoms with Crippen LogP contribution in [0.15, 0.2) is 0 Å². The molecule has 1 aliphatic carbocycles. The summed E-state index contributed by atoms with van der Waals surface area (Å²) in [6.45, 7) is -1.10. The van der Waals surface area contributed by atoms with E-state index in [1.54, 1.807) is 0 Å². The van der Waals surface area contributed by atoms with Crippen molar-refractivity contribution in [2.75, 3.05) is 13.1 Å². The van der Waals surface area contributed by atoms with Gasteiger partial charge < -0.3 is 0 Å². The molecule has 0 atom stereocenters. The number of hydrogen-bond donors (Lipinski definition) is 0. The Balaban J connectivity index is 2.19. The van der Waals surface area contributed by atoms with E-state index in [2.05, 4.69) is 0 Å². The maximum absolute atomic E-state index is 13.8. The van der Waals surface area contributed by atoms with E-state index in [9.17, 15) is 34.8 Å². The summed E-state index contributed by atoms with van der Waals surface area (Å²) in [5.74, 6) is -11.2. The van der Waals surface area contributed by atoms with Crippen molar-refractivity contribution in [1.82, 2.24) is 4.31 Å². The molecule has 10 heteroatoms. The number of rotatable bonds is 4. The number of nitrogens with zero attached hydrogens (tertiary/aromatic N) is 1. The third-order valence-electron chi connectivity index (χ3n) is 5.28. The molecule has 1 aliphatic heterocycles. The Morgan fingerprint density at radius 1 is 0.833 bits per heavy atom. The molecule has 2 aliphatic rings. The predicted molar refractivity (Wildman–Crippen MR) is 75.8 cm³/mol. The summed E-state index contributed by atoms with van der Waals surface area (Å²) in [5.41, 5.74) is -0.142. The first-order valence-corrected chi connectivity index (χ1v) is 9.34. The Bertz CT molecular complexity index is 556. The molecule has 2 rings (SSSR count). The molecule has 3 nitrogen and oxygen atoms in total. The highest BCUT2D eigenvalue weighted by Crippen LogP contribution is 2.51. The Labute approximate surface area is 137 Å². The van der Waals surface area contributed by atoms with Crippen LogP contribution in [-0.4, -0.2) is 42.9 Å². The zero-order chi connectivity index (χ0) is 18.4. The van der Waals surface area contributed by atoms with Crippen LogP contribution in [0.5, 0.6) is 0 Å². The fourth-order valence-electron chi connectivity index (χ4n) is 3.58. The Hall–Kier alpha value is -0.510. The van der Waals surface area contributed by atoms with Gasteiger partial charge in [-0.2, -0.15) is 30.6 Å². The molecule has 1 spiro atoms. The van der Waals surface area contributed by atoms with Crippen LogP contribution in [0.2, 0.25) is 0 Å². The quantitative estimate of drug-likeness (QED) is 0.683. The minimum atomic E-state index is -5.99. The molecular weight excluding hydrogens is 360 g/mol. The van der Waals surface area contributed by atoms with Crippen LogP contribution in [0.4, 0.5) is 26.3 Å². The minimum Gasteiger partial charge on any atom is -0.206 e. The molecule has 1 saturated heterocycles. The Morgan fingerprint density at radius 3 is 1.71 bits per heavy atom. The number of halogens is 6. The van der Waals surface area contributed by atoms with E-state index in [0.717, 1.165) is 32.1 Å². The molecule has 142 valence electrons. The number of alkyl halides is 6. The molecule has 0 aromatic rings. The van der Waals surface area contributed by atoms with Crippen LogP contribution in [-0.2, 0) is 10.0 Å². The lowest BCUT2D eigenvalue weighted by Crippen LogP contribution is -2.61. The summed E-state index contributed by atoms with van der Waals surface area (Å²) in [4.78, 5) is 0. The van der Waals surface area contributed by atoms with Crippen LogP contribution in [0.25, 0.3) is 0 Å². The molecule has 2 fully saturated rings. The summed E-state index contributed by atoms with van der Waals surface area (Å²) >= 11 is 0. The van der Waals surface area contributed by atoms with Crippen molar-refractivity contribution in [3.8, 4) is 0 Å². The van der Waals surface area contributed by atoms with Crippen molar-refractivity contribution in [3.05, 3.63) is 0 Å². The monoisotopic (exact) mass is 381 g/mol. The normalized spacial score (nSPS) is 24.3. The smallest absolute Gasteiger partial charge is 0.206 e. The van der Waals surface area contributed by atoms with Crippen molar-refractivity contribution in [3.63, 3.8) is 0 Å². The van der Waals surface area contributed by atoms with E-state index in [1.807, 2.05) is 0 Å². The summed E-state index contributed by atoms with van der Waals surface area (Å²) in [5, 5.41) is -5.87. The maximum atomic E-state index is 13.8. The summed E-state index contributed by atoms with van der Waals surface area (Å²) < 4.78 is 104. The third kappa shape index (κ3) is 3.04. The fourth-order valence-corrected chi connectivity index (χ4v) is 5.07. The standard InChI is InChI=1S/C14H21F6NO2S/c1-11(15,16)13(17,18)14(19,20)24(22,23)21-9-7-12(8-10-21)5-3-2-4-6-12/h2-10H2,1H3. The summed E-state index contributed by atoms with van der Waals surface area (Å²) in [6.07, 6.45) is 5.25. The molecule has 0 N–H and O–H groups in total. The molecule has 1 saturated carbocycles. The average molecular weight is 381 g/mol. The third-order valence-corrected chi connectivity index (χ3v) is 7.23. The van der Waals surface area contributed by atoms with E-state index < -0.39 is 34.0 Å². The van der Waals surface area contributed by atoms with Gasteiger partial charge in [0.15, 0.2) is 0 Å². The van der Waals surface area contributed by atoms with Gasteiger partial charge in [-0.25, -0.2) is 8.42 Å². The second kappa shape index (κ2) is 6.03. The first kappa shape index (κ1) is 19.8. The fraction of sp³-hybridized carbons (Fsp3) is 1.00. The number of hydrogen-bond acceptors (Lipinski definition) is 2. The lowest BCUT2D eigenvalue weighted by atomic mass is 9.68. The van der Waals surface area contributed by atoms with Gasteiger partial charge in [-0.05, 0) is 31.1 Å². The molecule has 24 heavy (non-hydrogen) atoms. The van der Waals surface area contributed by atoms with Gasteiger partial charge in [-0.15, -0.1) is 0 Å². The molecule has 0 unspecified atom stereocenters. The SMILES string of the molecule is CC(F)(F)C(F)(F)C(F)(F)S(=O)(=O)N1CCC2(CCCCC2)CC1. The second-order valence-corrected chi connectivity index (χ2v) is 8.92. The van der Waals surface area contributed by atoms with Gasteiger partial charge in [0.05, 0.1) is 0 Å². The zero-order valence-electron chi connectivity index (χ0n) is 13.3. The first-order valence-electron chi connectivity index (χ1n) is 7.90. The summed E-state index contributed by atoms with van der Waals surface area (Å²) in [7, 11) is -5.89. The van der Waals surface area contributed by atoms with E-state index in [0.29, 0.717) is 0 Å². The van der Waals surface area contributed by atoms with Gasteiger partial charge in [-0.3, -0.25) is 0 Å². The van der Waals surface area contributed by atoms with Crippen molar-refractivity contribution < 1.29 is 34.8 Å². The molecule has 0 aromatic carbocycles. The zero-order valence-corrected chi connectivity index (χ0v) is 14.1. The molecule has 0 bridgehead atoms. The first-order chi connectivity index (χ1) is 10.8. The van der Waals surface area contributed by atoms with Crippen molar-refractivity contribution in [2.24, 2.45) is 5.41 Å². The Morgan fingerprint density at radius 2 is 1.29 bits per heavy atom. The van der Waals surface area contributed by atoms with Crippen LogP contribution >= 0.6 is 0 Å². The second-order valence-electron chi connectivity index (χ2n) is 6.94. The maximum Gasteiger partial charge on any atom is 0.427 e. The van der Waals surface area contributed by atoms with Gasteiger partial charge >= 0.3 is 17.1 Å². The van der Waals surface area contributed by atoms with Crippen LogP contribution in [0.3, 0.4) is 0 Å². The predicted octanol–water partition coefficient (Wildman–Crippen LogP) is 4.25. The van der Waals surface area contributed by atoms with Crippen LogP contribution in [0, 0.1) is 5.41 Å². The van der Waals surface area contributed by atoms with E-state index in [4.69, 9.17) is 0 Å². The van der Waals surface area contributed by atoms with Gasteiger partial charge in [0.2, 0.25) is 0 Å². The summed E-state index contributed by atoms with van der Waals surface area (Å²) in [6, 6.07) is 0. The van der Waals surface area contributed by atoms with Crippen LogP contribution in [0.1, 0.15) is 51.9 Å². The van der Waals surface area contributed by atoms with Crippen molar-refractivity contribution >= 4 is 10.0 Å². The lowest BCUT2D eigenvalue weighted by Gasteiger charge is -2.44. The molecule has 0 radical (unpaired) electrons. The molecule has 0 aromatic heterocycles. The number of sulfonamides is 1. The highest BCUT2D eigenvalue weighted by molar-refractivity contribution is 7.90. The van der Waals surface area contributed by atoms with Gasteiger partial charge in [-0.1, -0.05) is 19.3 Å². The largest absolute Gasteiger partial charge is 0.427 e. The van der Waals surface area contributed by atoms with E-state index in [1.165, 1.54) is 0 Å². The number of piperidine rings is 1. The van der Waals surface area contributed by atoms with Gasteiger partial charge in [0.1, 0.15) is 0 Å². The average Bonchev–Trinajstić information content (AvgIpc) is 2.47. The molecule has 1 heterocycles. The van der Waals surface area contributed by atoms with Crippen molar-refractivity contribution in [2.45, 2.75) is 69.0 Å². The topological polar surface area (TPSA) is 37.4 Å². The highest BCUT2D eigenvalue weighted by atomic mass is 32.2. The molecular formula is C14H21F6NO2S. The van der Waals surface area contributed by atoms with E-state index >= 15 is 0 Å². The van der Waals surface area contributed by atoms with Gasteiger partial charge in [0, 0.05) is 20.0 Å². The van der Waals surface area contributed by atoms with Crippen molar-refractivity contribution in [1.29, 1.82) is 0 Å². The lowest BCUT2D eigenvalue weighted by molar-refractivity contribution is -0.272. The van der Waals surface area contributed by atoms with Crippen LogP contribution < -0.4 is 0 Å². The van der Waals surface area contributed by atoms with E-state index in [-0.39, 0.29) is 35.7 Å². The van der Waals surface area contributed by atoms with Gasteiger partial charge in [0.25, 0.3) is 10.0 Å². The Kier molecular flexibility index (Phi) is 4.98. The highest BCUT2D eigenvalue weighted by Gasteiger charge is 2.76. The minimum absolute atomic E-state index is 0.142.